The Labute approximate surface area is 165 Å². The third-order valence-electron chi connectivity index (χ3n) is 5.07. The van der Waals surface area contributed by atoms with Crippen LogP contribution >= 0.6 is 11.6 Å². The first-order valence-electron chi connectivity index (χ1n) is 9.30. The second kappa shape index (κ2) is 8.57. The van der Waals surface area contributed by atoms with Crippen molar-refractivity contribution in [2.24, 2.45) is 0 Å². The van der Waals surface area contributed by atoms with Crippen LogP contribution in [0.3, 0.4) is 0 Å². The number of rotatable bonds is 5. The number of halogens is 1. The van der Waals surface area contributed by atoms with Crippen molar-refractivity contribution in [3.63, 3.8) is 0 Å². The topological polar surface area (TPSA) is 46.6 Å². The highest BCUT2D eigenvalue weighted by atomic mass is 35.5. The predicted octanol–water partition coefficient (Wildman–Crippen LogP) is 4.74. The van der Waals surface area contributed by atoms with Gasteiger partial charge in [0.2, 0.25) is 0 Å². The highest BCUT2D eigenvalue weighted by Crippen LogP contribution is 2.23. The average molecular weight is 386 g/mol. The quantitative estimate of drug-likeness (QED) is 0.698. The van der Waals surface area contributed by atoms with E-state index in [4.69, 9.17) is 16.3 Å². The lowest BCUT2D eigenvalue weighted by Gasteiger charge is -2.38. The van der Waals surface area contributed by atoms with Crippen molar-refractivity contribution in [1.82, 2.24) is 4.90 Å². The molecule has 4 nitrogen and oxygen atoms in total. The van der Waals surface area contributed by atoms with Crippen molar-refractivity contribution in [1.29, 1.82) is 0 Å². The molecule has 3 rings (SSSR count). The summed E-state index contributed by atoms with van der Waals surface area (Å²) in [5.41, 5.74) is 1.14. The van der Waals surface area contributed by atoms with Gasteiger partial charge in [-0.15, -0.1) is 0 Å². The molecule has 0 bridgehead atoms. The highest BCUT2D eigenvalue weighted by Gasteiger charge is 2.28. The van der Waals surface area contributed by atoms with E-state index in [2.05, 4.69) is 13.8 Å². The number of ether oxygens (including phenoxy) is 1. The first-order valence-corrected chi connectivity index (χ1v) is 9.68. The molecule has 5 heteroatoms. The van der Waals surface area contributed by atoms with Gasteiger partial charge in [-0.05, 0) is 81.6 Å². The van der Waals surface area contributed by atoms with E-state index in [9.17, 15) is 9.59 Å². The second-order valence-electron chi connectivity index (χ2n) is 7.08. The molecule has 142 valence electrons. The Balaban J connectivity index is 1.60. The molecule has 27 heavy (non-hydrogen) atoms. The van der Waals surface area contributed by atoms with E-state index in [1.54, 1.807) is 48.5 Å². The summed E-state index contributed by atoms with van der Waals surface area (Å²) in [6, 6.07) is 14.2. The number of hydrogen-bond acceptors (Lipinski definition) is 3. The standard InChI is InChI=1S/C22H24ClNO3/c1-15-4-3-5-16(2)24(15)21(25)14-27-20-12-8-18(9-13-20)22(26)17-6-10-19(23)11-7-17/h6-13,15-16H,3-5,14H2,1-2H3/t15-,16+. The molecule has 0 aliphatic carbocycles. The molecule has 2 atom stereocenters. The molecule has 1 aliphatic heterocycles. The molecule has 2 aromatic rings. The molecule has 0 N–H and O–H groups in total. The van der Waals surface area contributed by atoms with Crippen molar-refractivity contribution in [2.75, 3.05) is 6.61 Å². The number of carbonyl (C=O) groups excluding carboxylic acids is 2. The maximum absolute atomic E-state index is 12.5. The molecular weight excluding hydrogens is 362 g/mol. The van der Waals surface area contributed by atoms with Crippen LogP contribution in [0.1, 0.15) is 49.0 Å². The maximum Gasteiger partial charge on any atom is 0.260 e. The summed E-state index contributed by atoms with van der Waals surface area (Å²) >= 11 is 5.86. The van der Waals surface area contributed by atoms with E-state index in [-0.39, 0.29) is 30.4 Å². The van der Waals surface area contributed by atoms with Crippen LogP contribution in [0.2, 0.25) is 5.02 Å². The van der Waals surface area contributed by atoms with E-state index in [0.717, 1.165) is 19.3 Å². The summed E-state index contributed by atoms with van der Waals surface area (Å²) in [6.45, 7) is 4.19. The molecule has 1 fully saturated rings. The number of likely N-dealkylation sites (tertiary alicyclic amines) is 1. The number of piperidine rings is 1. The van der Waals surface area contributed by atoms with Crippen LogP contribution in [0, 0.1) is 0 Å². The van der Waals surface area contributed by atoms with Crippen LogP contribution in [0.5, 0.6) is 5.75 Å². The van der Waals surface area contributed by atoms with Crippen LogP contribution in [0.15, 0.2) is 48.5 Å². The summed E-state index contributed by atoms with van der Waals surface area (Å²) < 4.78 is 5.65. The zero-order valence-electron chi connectivity index (χ0n) is 15.7. The first-order chi connectivity index (χ1) is 13.0. The Morgan fingerprint density at radius 2 is 1.48 bits per heavy atom. The molecule has 0 radical (unpaired) electrons. The summed E-state index contributed by atoms with van der Waals surface area (Å²) in [5, 5.41) is 0.595. The first kappa shape index (κ1) is 19.4. The monoisotopic (exact) mass is 385 g/mol. The average Bonchev–Trinajstić information content (AvgIpc) is 2.67. The van der Waals surface area contributed by atoms with Crippen molar-refractivity contribution in [3.05, 3.63) is 64.7 Å². The van der Waals surface area contributed by atoms with E-state index >= 15 is 0 Å². The SMILES string of the molecule is C[C@@H]1CCC[C@H](C)N1C(=O)COc1ccc(C(=O)c2ccc(Cl)cc2)cc1. The van der Waals surface area contributed by atoms with E-state index < -0.39 is 0 Å². The number of hydrogen-bond donors (Lipinski definition) is 0. The van der Waals surface area contributed by atoms with Gasteiger partial charge in [-0.1, -0.05) is 11.6 Å². The van der Waals surface area contributed by atoms with Gasteiger partial charge in [0, 0.05) is 28.2 Å². The zero-order chi connectivity index (χ0) is 19.4. The maximum atomic E-state index is 12.5. The Bertz CT molecular complexity index is 791. The van der Waals surface area contributed by atoms with E-state index in [1.807, 2.05) is 4.90 Å². The van der Waals surface area contributed by atoms with Gasteiger partial charge in [-0.3, -0.25) is 9.59 Å². The fourth-order valence-electron chi connectivity index (χ4n) is 3.60. The predicted molar refractivity (Wildman–Crippen MR) is 106 cm³/mol. The number of carbonyl (C=O) groups is 2. The Kier molecular flexibility index (Phi) is 6.17. The van der Waals surface area contributed by atoms with Gasteiger partial charge in [0.1, 0.15) is 5.75 Å². The van der Waals surface area contributed by atoms with Crippen LogP contribution in [0.25, 0.3) is 0 Å². The Hall–Kier alpha value is -2.33. The molecule has 2 aromatic carbocycles. The molecule has 0 unspecified atom stereocenters. The Morgan fingerprint density at radius 3 is 2.04 bits per heavy atom. The largest absolute Gasteiger partial charge is 0.484 e. The third kappa shape index (κ3) is 4.69. The third-order valence-corrected chi connectivity index (χ3v) is 5.32. The van der Waals surface area contributed by atoms with Gasteiger partial charge in [0.15, 0.2) is 12.4 Å². The highest BCUT2D eigenvalue weighted by molar-refractivity contribution is 6.30. The number of amides is 1. The number of nitrogens with zero attached hydrogens (tertiary/aromatic N) is 1. The van der Waals surface area contributed by atoms with Crippen LogP contribution in [-0.2, 0) is 4.79 Å². The molecule has 1 amide bonds. The number of benzene rings is 2. The minimum Gasteiger partial charge on any atom is -0.484 e. The molecule has 1 aliphatic rings. The van der Waals surface area contributed by atoms with Crippen LogP contribution < -0.4 is 4.74 Å². The lowest BCUT2D eigenvalue weighted by Crippen LogP contribution is -2.49. The number of ketones is 1. The van der Waals surface area contributed by atoms with Gasteiger partial charge in [0.05, 0.1) is 0 Å². The smallest absolute Gasteiger partial charge is 0.260 e. The van der Waals surface area contributed by atoms with Crippen molar-refractivity contribution >= 4 is 23.3 Å². The van der Waals surface area contributed by atoms with Gasteiger partial charge in [-0.25, -0.2) is 0 Å². The minimum atomic E-state index is -0.0785. The molecule has 1 saturated heterocycles. The summed E-state index contributed by atoms with van der Waals surface area (Å²) in [6.07, 6.45) is 3.24. The van der Waals surface area contributed by atoms with Crippen molar-refractivity contribution < 1.29 is 14.3 Å². The lowest BCUT2D eigenvalue weighted by molar-refractivity contribution is -0.139. The normalized spacial score (nSPS) is 19.6. The van der Waals surface area contributed by atoms with E-state index in [1.165, 1.54) is 0 Å². The molecule has 1 heterocycles. The van der Waals surface area contributed by atoms with Gasteiger partial charge < -0.3 is 9.64 Å². The van der Waals surface area contributed by atoms with Crippen molar-refractivity contribution in [2.45, 2.75) is 45.2 Å². The van der Waals surface area contributed by atoms with Gasteiger partial charge in [-0.2, -0.15) is 0 Å². The van der Waals surface area contributed by atoms with Crippen molar-refractivity contribution in [3.8, 4) is 5.75 Å². The fraction of sp³-hybridized carbons (Fsp3) is 0.364. The van der Waals surface area contributed by atoms with Crippen LogP contribution in [0.4, 0.5) is 0 Å². The second-order valence-corrected chi connectivity index (χ2v) is 7.52. The summed E-state index contributed by atoms with van der Waals surface area (Å²) in [7, 11) is 0. The molecular formula is C22H24ClNO3. The summed E-state index contributed by atoms with van der Waals surface area (Å²) in [5.74, 6) is 0.509. The molecule has 0 saturated carbocycles. The Morgan fingerprint density at radius 1 is 0.963 bits per heavy atom. The molecule has 0 aromatic heterocycles. The zero-order valence-corrected chi connectivity index (χ0v) is 16.4. The molecule has 0 spiro atoms. The van der Waals surface area contributed by atoms with Crippen LogP contribution in [-0.4, -0.2) is 35.3 Å². The summed E-state index contributed by atoms with van der Waals surface area (Å²) in [4.78, 5) is 26.9. The fourth-order valence-corrected chi connectivity index (χ4v) is 3.73. The van der Waals surface area contributed by atoms with Gasteiger partial charge in [0.25, 0.3) is 5.91 Å². The van der Waals surface area contributed by atoms with Gasteiger partial charge >= 0.3 is 0 Å². The minimum absolute atomic E-state index is 0.0102. The lowest BCUT2D eigenvalue weighted by atomic mass is 9.97. The van der Waals surface area contributed by atoms with E-state index in [0.29, 0.717) is 21.9 Å².